The molecule has 0 saturated carbocycles. The first-order chi connectivity index (χ1) is 6.24. The summed E-state index contributed by atoms with van der Waals surface area (Å²) in [6.07, 6.45) is 0. The molecule has 2 aromatic heterocycles. The number of hydrogen-bond acceptors (Lipinski definition) is 2. The zero-order valence-electron chi connectivity index (χ0n) is 6.26. The SMILES string of the molecule is Fc1ccc([I+]c2ccc(F)o2)o1. The number of rotatable bonds is 2. The van der Waals surface area contributed by atoms with Crippen molar-refractivity contribution in [3.8, 4) is 0 Å². The molecule has 0 aliphatic heterocycles. The lowest BCUT2D eigenvalue weighted by atomic mass is 10.7. The molecule has 13 heavy (non-hydrogen) atoms. The second kappa shape index (κ2) is 3.49. The normalized spacial score (nSPS) is 10.6. The van der Waals surface area contributed by atoms with Crippen LogP contribution >= 0.6 is 0 Å². The van der Waals surface area contributed by atoms with E-state index in [-0.39, 0.29) is 0 Å². The monoisotopic (exact) mass is 297 g/mol. The quantitative estimate of drug-likeness (QED) is 0.684. The molecule has 0 bridgehead atoms. The molecular formula is C8H4F2IO2+. The van der Waals surface area contributed by atoms with Crippen molar-refractivity contribution >= 4 is 0 Å². The molecule has 0 aliphatic rings. The van der Waals surface area contributed by atoms with E-state index in [1.54, 1.807) is 0 Å². The molecule has 0 atom stereocenters. The van der Waals surface area contributed by atoms with E-state index in [9.17, 15) is 8.78 Å². The Balaban J connectivity index is 2.14. The van der Waals surface area contributed by atoms with Crippen LogP contribution in [0.3, 0.4) is 0 Å². The first kappa shape index (κ1) is 8.74. The molecule has 0 amide bonds. The Morgan fingerprint density at radius 3 is 1.62 bits per heavy atom. The number of furan rings is 2. The van der Waals surface area contributed by atoms with Crippen molar-refractivity contribution < 1.29 is 38.8 Å². The van der Waals surface area contributed by atoms with Crippen LogP contribution in [0, 0.1) is 19.6 Å². The van der Waals surface area contributed by atoms with E-state index >= 15 is 0 Å². The lowest BCUT2D eigenvalue weighted by Gasteiger charge is -1.73. The summed E-state index contributed by atoms with van der Waals surface area (Å²) in [5.74, 6) is 0. The Hall–Kier alpha value is -0.850. The molecule has 0 N–H and O–H groups in total. The van der Waals surface area contributed by atoms with E-state index in [0.717, 1.165) is 0 Å². The van der Waals surface area contributed by atoms with E-state index in [2.05, 4.69) is 0 Å². The molecule has 0 aromatic carbocycles. The molecule has 2 nitrogen and oxygen atoms in total. The standard InChI is InChI=1S/C8H4F2IO2/c9-5-1-3-7(12-5)11-8-4-2-6(10)13-8/h1-4H/q+1. The molecule has 0 saturated heterocycles. The summed E-state index contributed by atoms with van der Waals surface area (Å²) in [5.41, 5.74) is 0. The van der Waals surface area contributed by atoms with Crippen LogP contribution in [0.1, 0.15) is 0 Å². The van der Waals surface area contributed by atoms with Crippen LogP contribution in [0.5, 0.6) is 0 Å². The average molecular weight is 297 g/mol. The topological polar surface area (TPSA) is 26.3 Å². The second-order valence-corrected chi connectivity index (χ2v) is 4.85. The molecule has 68 valence electrons. The van der Waals surface area contributed by atoms with Gasteiger partial charge >= 0.3 is 28.7 Å². The molecule has 2 heterocycles. The van der Waals surface area contributed by atoms with Crippen molar-refractivity contribution in [3.05, 3.63) is 43.8 Å². The summed E-state index contributed by atoms with van der Waals surface area (Å²) in [7, 11) is 0. The zero-order valence-corrected chi connectivity index (χ0v) is 8.42. The Kier molecular flexibility index (Phi) is 2.34. The fourth-order valence-electron chi connectivity index (χ4n) is 0.778. The van der Waals surface area contributed by atoms with Crippen LogP contribution in [-0.4, -0.2) is 0 Å². The lowest BCUT2D eigenvalue weighted by molar-refractivity contribution is -0.637. The highest BCUT2D eigenvalue weighted by Crippen LogP contribution is 1.97. The fraction of sp³-hybridized carbons (Fsp3) is 0. The van der Waals surface area contributed by atoms with Crippen LogP contribution in [0.25, 0.3) is 0 Å². The number of hydrogen-bond donors (Lipinski definition) is 0. The highest BCUT2D eigenvalue weighted by atomic mass is 127. The van der Waals surface area contributed by atoms with Gasteiger partial charge in [0.1, 0.15) is 0 Å². The van der Waals surface area contributed by atoms with Crippen LogP contribution < -0.4 is 21.2 Å². The Labute approximate surface area is 82.8 Å². The van der Waals surface area contributed by atoms with Gasteiger partial charge in [0.2, 0.25) is 0 Å². The van der Waals surface area contributed by atoms with Crippen LogP contribution in [0.4, 0.5) is 8.78 Å². The van der Waals surface area contributed by atoms with Gasteiger partial charge < -0.3 is 8.83 Å². The summed E-state index contributed by atoms with van der Waals surface area (Å²) in [4.78, 5) is 0. The summed E-state index contributed by atoms with van der Waals surface area (Å²) in [5, 5.41) is 0. The Morgan fingerprint density at radius 2 is 1.31 bits per heavy atom. The minimum absolute atomic E-state index is 0.519. The van der Waals surface area contributed by atoms with Crippen molar-refractivity contribution in [3.63, 3.8) is 0 Å². The van der Waals surface area contributed by atoms with E-state index in [1.165, 1.54) is 24.3 Å². The fourth-order valence-corrected chi connectivity index (χ4v) is 2.66. The van der Waals surface area contributed by atoms with E-state index < -0.39 is 33.2 Å². The molecule has 0 radical (unpaired) electrons. The Morgan fingerprint density at radius 1 is 0.846 bits per heavy atom. The lowest BCUT2D eigenvalue weighted by Crippen LogP contribution is -3.61. The molecular weight excluding hydrogens is 293 g/mol. The largest absolute Gasteiger partial charge is 0.443 e. The summed E-state index contributed by atoms with van der Waals surface area (Å²) < 4.78 is 35.2. The molecule has 0 unspecified atom stereocenters. The van der Waals surface area contributed by atoms with Crippen molar-refractivity contribution in [2.45, 2.75) is 0 Å². The molecule has 0 fully saturated rings. The van der Waals surface area contributed by atoms with Crippen LogP contribution in [0.2, 0.25) is 0 Å². The van der Waals surface area contributed by atoms with Gasteiger partial charge in [-0.15, -0.1) is 0 Å². The third kappa shape index (κ3) is 2.09. The van der Waals surface area contributed by atoms with E-state index in [4.69, 9.17) is 8.83 Å². The zero-order chi connectivity index (χ0) is 9.26. The van der Waals surface area contributed by atoms with Crippen molar-refractivity contribution in [2.24, 2.45) is 0 Å². The van der Waals surface area contributed by atoms with Crippen LogP contribution in [0.15, 0.2) is 33.1 Å². The molecule has 2 rings (SSSR count). The van der Waals surface area contributed by atoms with Crippen molar-refractivity contribution in [1.29, 1.82) is 0 Å². The molecule has 2 aromatic rings. The maximum Gasteiger partial charge on any atom is 0.443 e. The smallest absolute Gasteiger partial charge is 0.391 e. The van der Waals surface area contributed by atoms with Gasteiger partial charge in [0.25, 0.3) is 12.0 Å². The van der Waals surface area contributed by atoms with Gasteiger partial charge in [-0.1, -0.05) is 0 Å². The van der Waals surface area contributed by atoms with Gasteiger partial charge in [-0.25, -0.2) is 0 Å². The maximum atomic E-state index is 12.4. The van der Waals surface area contributed by atoms with Gasteiger partial charge in [-0.05, 0) is 0 Å². The minimum Gasteiger partial charge on any atom is -0.391 e. The second-order valence-electron chi connectivity index (χ2n) is 2.18. The third-order valence-electron chi connectivity index (χ3n) is 1.27. The minimum atomic E-state index is -0.743. The van der Waals surface area contributed by atoms with Crippen LogP contribution in [-0.2, 0) is 0 Å². The number of halogens is 3. The molecule has 0 spiro atoms. The Bertz CT molecular complexity index is 369. The highest BCUT2D eigenvalue weighted by Gasteiger charge is 2.24. The van der Waals surface area contributed by atoms with Gasteiger partial charge in [0.15, 0.2) is 0 Å². The van der Waals surface area contributed by atoms with Crippen molar-refractivity contribution in [1.82, 2.24) is 0 Å². The van der Waals surface area contributed by atoms with Crippen molar-refractivity contribution in [2.75, 3.05) is 0 Å². The summed E-state index contributed by atoms with van der Waals surface area (Å²) >= 11 is -0.743. The third-order valence-corrected chi connectivity index (χ3v) is 3.49. The van der Waals surface area contributed by atoms with Gasteiger partial charge in [-0.2, -0.15) is 8.78 Å². The molecule has 0 aliphatic carbocycles. The maximum absolute atomic E-state index is 12.4. The average Bonchev–Trinajstić information content (AvgIpc) is 2.62. The first-order valence-corrected chi connectivity index (χ1v) is 5.55. The predicted octanol–water partition coefficient (Wildman–Crippen LogP) is -0.721. The van der Waals surface area contributed by atoms with Gasteiger partial charge in [-0.3, -0.25) is 0 Å². The van der Waals surface area contributed by atoms with E-state index in [1.807, 2.05) is 0 Å². The molecule has 5 heteroatoms. The van der Waals surface area contributed by atoms with E-state index in [0.29, 0.717) is 7.53 Å². The van der Waals surface area contributed by atoms with Gasteiger partial charge in [0, 0.05) is 24.3 Å². The first-order valence-electron chi connectivity index (χ1n) is 3.39. The predicted molar refractivity (Wildman–Crippen MR) is 34.7 cm³/mol. The van der Waals surface area contributed by atoms with Gasteiger partial charge in [0.05, 0.1) is 0 Å². The highest BCUT2D eigenvalue weighted by molar-refractivity contribution is 4.86. The summed E-state index contributed by atoms with van der Waals surface area (Å²) in [6, 6.07) is 4.28. The summed E-state index contributed by atoms with van der Waals surface area (Å²) in [6.45, 7) is 0.